The lowest BCUT2D eigenvalue weighted by Gasteiger charge is -2.04. The van der Waals surface area contributed by atoms with Crippen molar-refractivity contribution in [1.29, 1.82) is 0 Å². The number of halogens is 2. The predicted molar refractivity (Wildman–Crippen MR) is 53.6 cm³/mol. The molecule has 0 aliphatic heterocycles. The van der Waals surface area contributed by atoms with Crippen molar-refractivity contribution >= 4 is 24.0 Å². The molecule has 0 aromatic carbocycles. The maximum absolute atomic E-state index is 5.64. The quantitative estimate of drug-likeness (QED) is 0.594. The molecular weight excluding hydrogens is 195 g/mol. The summed E-state index contributed by atoms with van der Waals surface area (Å²) in [5.74, 6) is 0. The van der Waals surface area contributed by atoms with Gasteiger partial charge in [0.05, 0.1) is 0 Å². The SMILES string of the molecule is C=C[C@H](N)c1ccc(Cl)nc1.Cl. The van der Waals surface area contributed by atoms with Gasteiger partial charge in [0.1, 0.15) is 5.15 Å². The lowest BCUT2D eigenvalue weighted by atomic mass is 10.1. The molecule has 4 heteroatoms. The molecular formula is C8H10Cl2N2. The van der Waals surface area contributed by atoms with Gasteiger partial charge in [0.2, 0.25) is 0 Å². The van der Waals surface area contributed by atoms with Gasteiger partial charge < -0.3 is 5.73 Å². The van der Waals surface area contributed by atoms with Crippen molar-refractivity contribution in [1.82, 2.24) is 4.98 Å². The Kier molecular flexibility index (Phi) is 4.90. The van der Waals surface area contributed by atoms with Gasteiger partial charge in [0.15, 0.2) is 0 Å². The third-order valence-electron chi connectivity index (χ3n) is 1.39. The van der Waals surface area contributed by atoms with E-state index >= 15 is 0 Å². The summed E-state index contributed by atoms with van der Waals surface area (Å²) >= 11 is 5.58. The second kappa shape index (κ2) is 5.14. The molecule has 0 radical (unpaired) electrons. The van der Waals surface area contributed by atoms with E-state index in [0.717, 1.165) is 5.56 Å². The van der Waals surface area contributed by atoms with Crippen molar-refractivity contribution in [3.63, 3.8) is 0 Å². The van der Waals surface area contributed by atoms with Gasteiger partial charge in [-0.3, -0.25) is 0 Å². The highest BCUT2D eigenvalue weighted by Crippen LogP contribution is 2.11. The van der Waals surface area contributed by atoms with Crippen LogP contribution in [-0.4, -0.2) is 4.98 Å². The van der Waals surface area contributed by atoms with Crippen LogP contribution in [0.25, 0.3) is 0 Å². The Hall–Kier alpha value is -0.570. The molecule has 0 fully saturated rings. The Morgan fingerprint density at radius 2 is 2.25 bits per heavy atom. The Labute approximate surface area is 82.9 Å². The number of nitrogens with two attached hydrogens (primary N) is 1. The molecule has 0 saturated carbocycles. The zero-order valence-corrected chi connectivity index (χ0v) is 7.98. The van der Waals surface area contributed by atoms with E-state index < -0.39 is 0 Å². The van der Waals surface area contributed by atoms with Gasteiger partial charge in [-0.2, -0.15) is 0 Å². The Balaban J connectivity index is 0.00000121. The van der Waals surface area contributed by atoms with Crippen LogP contribution >= 0.6 is 24.0 Å². The van der Waals surface area contributed by atoms with E-state index in [1.54, 1.807) is 18.3 Å². The highest BCUT2D eigenvalue weighted by molar-refractivity contribution is 6.29. The van der Waals surface area contributed by atoms with Crippen molar-refractivity contribution in [2.45, 2.75) is 6.04 Å². The molecule has 0 spiro atoms. The van der Waals surface area contributed by atoms with Gasteiger partial charge in [-0.15, -0.1) is 19.0 Å². The van der Waals surface area contributed by atoms with Crippen LogP contribution in [0.5, 0.6) is 0 Å². The smallest absolute Gasteiger partial charge is 0.129 e. The molecule has 0 bridgehead atoms. The van der Waals surface area contributed by atoms with Crippen LogP contribution in [0, 0.1) is 0 Å². The molecule has 1 heterocycles. The van der Waals surface area contributed by atoms with Gasteiger partial charge >= 0.3 is 0 Å². The summed E-state index contributed by atoms with van der Waals surface area (Å²) < 4.78 is 0. The number of aromatic nitrogens is 1. The van der Waals surface area contributed by atoms with Crippen LogP contribution in [0.2, 0.25) is 5.15 Å². The minimum atomic E-state index is -0.153. The zero-order chi connectivity index (χ0) is 8.27. The summed E-state index contributed by atoms with van der Waals surface area (Å²) in [7, 11) is 0. The largest absolute Gasteiger partial charge is 0.321 e. The zero-order valence-electron chi connectivity index (χ0n) is 6.40. The second-order valence-electron chi connectivity index (χ2n) is 2.18. The minimum Gasteiger partial charge on any atom is -0.321 e. The van der Waals surface area contributed by atoms with Gasteiger partial charge in [-0.05, 0) is 11.6 Å². The van der Waals surface area contributed by atoms with Crippen molar-refractivity contribution in [3.05, 3.63) is 41.7 Å². The fourth-order valence-electron chi connectivity index (χ4n) is 0.721. The molecule has 0 unspecified atom stereocenters. The first kappa shape index (κ1) is 11.4. The molecule has 2 N–H and O–H groups in total. The maximum Gasteiger partial charge on any atom is 0.129 e. The average molecular weight is 205 g/mol. The monoisotopic (exact) mass is 204 g/mol. The molecule has 1 atom stereocenters. The summed E-state index contributed by atoms with van der Waals surface area (Å²) in [5.41, 5.74) is 6.56. The van der Waals surface area contributed by atoms with Crippen LogP contribution in [-0.2, 0) is 0 Å². The van der Waals surface area contributed by atoms with E-state index in [0.29, 0.717) is 5.15 Å². The maximum atomic E-state index is 5.64. The van der Waals surface area contributed by atoms with Crippen LogP contribution in [0.4, 0.5) is 0 Å². The van der Waals surface area contributed by atoms with E-state index in [4.69, 9.17) is 17.3 Å². The van der Waals surface area contributed by atoms with Crippen LogP contribution in [0.3, 0.4) is 0 Å². The lowest BCUT2D eigenvalue weighted by Crippen LogP contribution is -2.06. The number of pyridine rings is 1. The highest BCUT2D eigenvalue weighted by atomic mass is 35.5. The summed E-state index contributed by atoms with van der Waals surface area (Å²) in [6.07, 6.45) is 3.31. The lowest BCUT2D eigenvalue weighted by molar-refractivity contribution is 0.904. The molecule has 0 aliphatic carbocycles. The Morgan fingerprint density at radius 3 is 2.67 bits per heavy atom. The molecule has 2 nitrogen and oxygen atoms in total. The van der Waals surface area contributed by atoms with Gasteiger partial charge in [0.25, 0.3) is 0 Å². The first-order valence-electron chi connectivity index (χ1n) is 3.23. The van der Waals surface area contributed by atoms with Crippen LogP contribution < -0.4 is 5.73 Å². The van der Waals surface area contributed by atoms with Gasteiger partial charge in [-0.1, -0.05) is 23.7 Å². The second-order valence-corrected chi connectivity index (χ2v) is 2.56. The summed E-state index contributed by atoms with van der Waals surface area (Å²) in [5, 5.41) is 0.477. The third-order valence-corrected chi connectivity index (χ3v) is 1.61. The number of rotatable bonds is 2. The highest BCUT2D eigenvalue weighted by Gasteiger charge is 1.99. The van der Waals surface area contributed by atoms with Crippen molar-refractivity contribution in [2.24, 2.45) is 5.73 Å². The van der Waals surface area contributed by atoms with Gasteiger partial charge in [-0.25, -0.2) is 4.98 Å². The topological polar surface area (TPSA) is 38.9 Å². The van der Waals surface area contributed by atoms with E-state index in [-0.39, 0.29) is 18.4 Å². The van der Waals surface area contributed by atoms with Crippen LogP contribution in [0.1, 0.15) is 11.6 Å². The number of hydrogen-bond acceptors (Lipinski definition) is 2. The van der Waals surface area contributed by atoms with Crippen molar-refractivity contribution in [3.8, 4) is 0 Å². The predicted octanol–water partition coefficient (Wildman–Crippen LogP) is 2.34. The Morgan fingerprint density at radius 1 is 1.58 bits per heavy atom. The minimum absolute atomic E-state index is 0. The molecule has 12 heavy (non-hydrogen) atoms. The van der Waals surface area contributed by atoms with Crippen LogP contribution in [0.15, 0.2) is 31.0 Å². The molecule has 1 aromatic heterocycles. The first-order chi connectivity index (χ1) is 5.24. The number of nitrogens with zero attached hydrogens (tertiary/aromatic N) is 1. The molecule has 1 aromatic rings. The summed E-state index contributed by atoms with van der Waals surface area (Å²) in [4.78, 5) is 3.89. The van der Waals surface area contributed by atoms with Crippen molar-refractivity contribution in [2.75, 3.05) is 0 Å². The molecule has 66 valence electrons. The van der Waals surface area contributed by atoms with E-state index in [1.165, 1.54) is 0 Å². The molecule has 0 saturated heterocycles. The first-order valence-corrected chi connectivity index (χ1v) is 3.61. The van der Waals surface area contributed by atoms with Gasteiger partial charge in [0, 0.05) is 12.2 Å². The Bertz CT molecular complexity index is 246. The fourth-order valence-corrected chi connectivity index (χ4v) is 0.832. The molecule has 0 aliphatic rings. The normalized spacial score (nSPS) is 11.5. The molecule has 0 amide bonds. The standard InChI is InChI=1S/C8H9ClN2.ClH/c1-2-7(10)6-3-4-8(9)11-5-6;/h2-5,7H,1,10H2;1H/t7-;/m0./s1. The average Bonchev–Trinajstić information content (AvgIpc) is 2.05. The number of hydrogen-bond donors (Lipinski definition) is 1. The van der Waals surface area contributed by atoms with Crippen molar-refractivity contribution < 1.29 is 0 Å². The van der Waals surface area contributed by atoms with E-state index in [9.17, 15) is 0 Å². The van der Waals surface area contributed by atoms with E-state index in [1.807, 2.05) is 6.07 Å². The third kappa shape index (κ3) is 2.81. The fraction of sp³-hybridized carbons (Fsp3) is 0.125. The molecule has 1 rings (SSSR count). The van der Waals surface area contributed by atoms with E-state index in [2.05, 4.69) is 11.6 Å². The summed E-state index contributed by atoms with van der Waals surface area (Å²) in [6.45, 7) is 3.57. The summed E-state index contributed by atoms with van der Waals surface area (Å²) in [6, 6.07) is 3.39.